The van der Waals surface area contributed by atoms with E-state index < -0.39 is 11.7 Å². The van der Waals surface area contributed by atoms with Gasteiger partial charge < -0.3 is 21.4 Å². The lowest BCUT2D eigenvalue weighted by Gasteiger charge is -2.23. The second-order valence-electron chi connectivity index (χ2n) is 8.33. The fraction of sp³-hybridized carbons (Fsp3) is 0.250. The van der Waals surface area contributed by atoms with Crippen molar-refractivity contribution in [3.63, 3.8) is 0 Å². The van der Waals surface area contributed by atoms with E-state index in [2.05, 4.69) is 15.1 Å². The van der Waals surface area contributed by atoms with Crippen LogP contribution in [0, 0.1) is 12.7 Å². The zero-order valence-corrected chi connectivity index (χ0v) is 20.4. The molecule has 0 aliphatic carbocycles. The Kier molecular flexibility index (Phi) is 6.49. The first kappa shape index (κ1) is 24.2. The van der Waals surface area contributed by atoms with Crippen molar-refractivity contribution in [2.24, 2.45) is 10.9 Å². The highest BCUT2D eigenvalue weighted by Crippen LogP contribution is 2.45. The van der Waals surface area contributed by atoms with Crippen molar-refractivity contribution in [1.29, 1.82) is 0 Å². The molecule has 0 saturated heterocycles. The lowest BCUT2D eigenvalue weighted by atomic mass is 9.92. The van der Waals surface area contributed by atoms with Gasteiger partial charge in [-0.3, -0.25) is 9.38 Å². The minimum absolute atomic E-state index is 0.0570. The van der Waals surface area contributed by atoms with Gasteiger partial charge in [-0.2, -0.15) is 0 Å². The van der Waals surface area contributed by atoms with Crippen molar-refractivity contribution in [1.82, 2.24) is 19.4 Å². The Bertz CT molecular complexity index is 1450. The number of nitrogens with two attached hydrogens (primary N) is 2. The molecule has 5 N–H and O–H groups in total. The zero-order chi connectivity index (χ0) is 25.4. The van der Waals surface area contributed by atoms with Crippen LogP contribution in [0.4, 0.5) is 10.2 Å². The number of pyridine rings is 1. The Morgan fingerprint density at radius 3 is 2.69 bits per heavy atom. The number of aromatic nitrogens is 4. The minimum atomic E-state index is -0.712. The third-order valence-electron chi connectivity index (χ3n) is 5.62. The Morgan fingerprint density at radius 2 is 2.00 bits per heavy atom. The van der Waals surface area contributed by atoms with Gasteiger partial charge in [0.2, 0.25) is 0 Å². The summed E-state index contributed by atoms with van der Waals surface area (Å²) in [6.07, 6.45) is 4.52. The predicted octanol–water partition coefficient (Wildman–Crippen LogP) is 4.51. The zero-order valence-electron chi connectivity index (χ0n) is 19.6. The number of fused-ring (bicyclic) bond motifs is 1. The average molecular weight is 498 g/mol. The molecule has 1 unspecified atom stereocenters. The number of amidine groups is 1. The Morgan fingerprint density at radius 1 is 1.26 bits per heavy atom. The number of hydrogen-bond acceptors (Lipinski definition) is 7. The summed E-state index contributed by atoms with van der Waals surface area (Å²) >= 11 is 6.40. The van der Waals surface area contributed by atoms with Gasteiger partial charge >= 0.3 is 0 Å². The fourth-order valence-corrected chi connectivity index (χ4v) is 4.34. The normalized spacial score (nSPS) is 12.9. The van der Waals surface area contributed by atoms with Gasteiger partial charge in [-0.1, -0.05) is 29.7 Å². The van der Waals surface area contributed by atoms with Crippen LogP contribution in [0.3, 0.4) is 0 Å². The molecule has 1 atom stereocenters. The van der Waals surface area contributed by atoms with Crippen LogP contribution in [-0.4, -0.2) is 36.5 Å². The molecule has 4 rings (SSSR count). The molecule has 9 nitrogen and oxygen atoms in total. The summed E-state index contributed by atoms with van der Waals surface area (Å²) in [5, 5.41) is 12.2. The van der Waals surface area contributed by atoms with Crippen molar-refractivity contribution in [3.8, 4) is 16.9 Å². The highest BCUT2D eigenvalue weighted by molar-refractivity contribution is 6.31. The first-order valence-electron chi connectivity index (χ1n) is 10.9. The van der Waals surface area contributed by atoms with E-state index in [0.29, 0.717) is 28.4 Å². The summed E-state index contributed by atoms with van der Waals surface area (Å²) in [5.74, 6) is -0.125. The molecule has 0 radical (unpaired) electrons. The number of nitrogen functional groups attached to an aromatic ring is 1. The molecule has 4 aromatic rings. The molecule has 0 amide bonds. The summed E-state index contributed by atoms with van der Waals surface area (Å²) in [5.41, 5.74) is 14.3. The van der Waals surface area contributed by atoms with Crippen LogP contribution in [0.2, 0.25) is 5.02 Å². The number of aryl methyl sites for hydroxylation is 1. The largest absolute Gasteiger partial charge is 0.490 e. The third kappa shape index (κ3) is 4.21. The smallest absolute Gasteiger partial charge is 0.189 e. The van der Waals surface area contributed by atoms with Crippen molar-refractivity contribution in [2.45, 2.75) is 39.7 Å². The second-order valence-corrected chi connectivity index (χ2v) is 8.73. The molecule has 11 heteroatoms. The molecule has 0 bridgehead atoms. The average Bonchev–Trinajstić information content (AvgIpc) is 3.18. The SMILES string of the molecule is Cc1nc(C(C)c2cc(Cl)c(F)c(-c3cccnc3C(N)=NO)c2OC(C)C)n2ccnc(N)c12. The van der Waals surface area contributed by atoms with Crippen LogP contribution < -0.4 is 16.2 Å². The fourth-order valence-electron chi connectivity index (χ4n) is 4.13. The third-order valence-corrected chi connectivity index (χ3v) is 5.90. The van der Waals surface area contributed by atoms with E-state index >= 15 is 4.39 Å². The maximum Gasteiger partial charge on any atom is 0.189 e. The molecular formula is C24H25ClFN7O2. The number of ether oxygens (including phenoxy) is 1. The number of halogens is 2. The van der Waals surface area contributed by atoms with Crippen LogP contribution in [0.1, 0.15) is 49.5 Å². The number of nitrogens with zero attached hydrogens (tertiary/aromatic N) is 5. The van der Waals surface area contributed by atoms with Gasteiger partial charge in [-0.15, -0.1) is 0 Å². The van der Waals surface area contributed by atoms with Crippen LogP contribution in [0.5, 0.6) is 5.75 Å². The van der Waals surface area contributed by atoms with Gasteiger partial charge in [0.1, 0.15) is 28.6 Å². The second kappa shape index (κ2) is 9.38. The van der Waals surface area contributed by atoms with Gasteiger partial charge in [0, 0.05) is 35.6 Å². The van der Waals surface area contributed by atoms with Gasteiger partial charge in [0.05, 0.1) is 22.4 Å². The van der Waals surface area contributed by atoms with Crippen molar-refractivity contribution in [3.05, 3.63) is 70.4 Å². The van der Waals surface area contributed by atoms with Crippen LogP contribution in [0.15, 0.2) is 41.9 Å². The number of oxime groups is 1. The van der Waals surface area contributed by atoms with Gasteiger partial charge in [0.15, 0.2) is 11.7 Å². The van der Waals surface area contributed by atoms with Crippen LogP contribution in [0.25, 0.3) is 16.6 Å². The van der Waals surface area contributed by atoms with E-state index in [4.69, 9.17) is 32.8 Å². The van der Waals surface area contributed by atoms with E-state index in [-0.39, 0.29) is 39.5 Å². The van der Waals surface area contributed by atoms with E-state index in [0.717, 1.165) is 0 Å². The summed E-state index contributed by atoms with van der Waals surface area (Å²) in [6, 6.07) is 4.76. The maximum atomic E-state index is 15.7. The Labute approximate surface area is 206 Å². The molecule has 3 heterocycles. The molecule has 1 aromatic carbocycles. The summed E-state index contributed by atoms with van der Waals surface area (Å²) in [6.45, 7) is 7.43. The monoisotopic (exact) mass is 497 g/mol. The van der Waals surface area contributed by atoms with Crippen molar-refractivity contribution in [2.75, 3.05) is 5.73 Å². The minimum Gasteiger partial charge on any atom is -0.490 e. The summed E-state index contributed by atoms with van der Waals surface area (Å²) < 4.78 is 23.7. The van der Waals surface area contributed by atoms with Crippen LogP contribution in [-0.2, 0) is 0 Å². The van der Waals surface area contributed by atoms with E-state index in [1.54, 1.807) is 24.5 Å². The molecule has 182 valence electrons. The quantitative estimate of drug-likeness (QED) is 0.154. The molecule has 0 fully saturated rings. The molecule has 3 aromatic heterocycles. The highest BCUT2D eigenvalue weighted by Gasteiger charge is 2.29. The topological polar surface area (TPSA) is 137 Å². The number of rotatable bonds is 6. The summed E-state index contributed by atoms with van der Waals surface area (Å²) in [4.78, 5) is 13.1. The maximum absolute atomic E-state index is 15.7. The lowest BCUT2D eigenvalue weighted by molar-refractivity contribution is 0.239. The highest BCUT2D eigenvalue weighted by atomic mass is 35.5. The van der Waals surface area contributed by atoms with E-state index in [1.165, 1.54) is 12.3 Å². The number of anilines is 1. The number of benzene rings is 1. The van der Waals surface area contributed by atoms with Crippen molar-refractivity contribution < 1.29 is 14.3 Å². The molecule has 35 heavy (non-hydrogen) atoms. The number of hydrogen-bond donors (Lipinski definition) is 3. The van der Waals surface area contributed by atoms with E-state index in [9.17, 15) is 5.21 Å². The number of imidazole rings is 1. The molecule has 0 spiro atoms. The molecule has 0 aliphatic heterocycles. The Hall–Kier alpha value is -3.92. The van der Waals surface area contributed by atoms with E-state index in [1.807, 2.05) is 32.1 Å². The van der Waals surface area contributed by atoms with Gasteiger partial charge in [-0.25, -0.2) is 14.4 Å². The molecular weight excluding hydrogens is 473 g/mol. The summed E-state index contributed by atoms with van der Waals surface area (Å²) in [7, 11) is 0. The predicted molar refractivity (Wildman–Crippen MR) is 133 cm³/mol. The molecule has 0 aliphatic rings. The van der Waals surface area contributed by atoms with Gasteiger partial charge in [-0.05, 0) is 32.9 Å². The molecule has 0 saturated carbocycles. The first-order valence-corrected chi connectivity index (χ1v) is 11.2. The van der Waals surface area contributed by atoms with Gasteiger partial charge in [0.25, 0.3) is 0 Å². The Balaban J connectivity index is 2.04. The standard InChI is InChI=1S/C24H25ClFN7O2/c1-11(2)35-21-15(12(3)24-31-13(4)20-23(28)30-8-9-33(20)24)10-16(25)18(26)17(21)14-6-5-7-29-19(14)22(27)32-34/h5-12,34H,1-4H3,(H2,27,32)(H2,28,30). The van der Waals surface area contributed by atoms with Crippen LogP contribution >= 0.6 is 11.6 Å². The lowest BCUT2D eigenvalue weighted by Crippen LogP contribution is -2.18. The van der Waals surface area contributed by atoms with Crippen molar-refractivity contribution >= 4 is 28.8 Å². The first-order chi connectivity index (χ1) is 16.6.